The molecule has 0 saturated carbocycles. The van der Waals surface area contributed by atoms with Crippen molar-refractivity contribution >= 4 is 0 Å². The Bertz CT molecular complexity index is 441. The zero-order valence-corrected chi connectivity index (χ0v) is 10.8. The van der Waals surface area contributed by atoms with Gasteiger partial charge in [-0.15, -0.1) is 0 Å². The lowest BCUT2D eigenvalue weighted by atomic mass is 10.1. The van der Waals surface area contributed by atoms with Gasteiger partial charge in [-0.2, -0.15) is 0 Å². The molecule has 2 rings (SSSR count). The summed E-state index contributed by atoms with van der Waals surface area (Å²) in [5, 5.41) is 0. The first-order valence-corrected chi connectivity index (χ1v) is 5.77. The van der Waals surface area contributed by atoms with Crippen molar-refractivity contribution < 1.29 is 0 Å². The van der Waals surface area contributed by atoms with Gasteiger partial charge in [0.05, 0.1) is 11.4 Å². The predicted molar refractivity (Wildman–Crippen MR) is 69.6 cm³/mol. The molecule has 2 aromatic rings. The van der Waals surface area contributed by atoms with Crippen LogP contribution in [0.25, 0.3) is 11.4 Å². The Balaban J connectivity index is 0.000000606. The zero-order chi connectivity index (χ0) is 12.1. The van der Waals surface area contributed by atoms with Gasteiger partial charge in [0.1, 0.15) is 0 Å². The molecule has 2 nitrogen and oxygen atoms in total. The summed E-state index contributed by atoms with van der Waals surface area (Å²) in [5.41, 5.74) is 6.00. The van der Waals surface area contributed by atoms with Crippen molar-refractivity contribution in [1.29, 1.82) is 0 Å². The molecule has 0 spiro atoms. The van der Waals surface area contributed by atoms with E-state index in [1.807, 2.05) is 38.2 Å². The molecule has 2 heterocycles. The van der Waals surface area contributed by atoms with E-state index in [0.29, 0.717) is 0 Å². The van der Waals surface area contributed by atoms with Crippen LogP contribution >= 0.6 is 0 Å². The maximum Gasteiger partial charge on any atom is 0.0867 e. The molecule has 16 heavy (non-hydrogen) atoms. The quantitative estimate of drug-likeness (QED) is 0.766. The van der Waals surface area contributed by atoms with Gasteiger partial charge in [0, 0.05) is 11.9 Å². The van der Waals surface area contributed by atoms with Crippen molar-refractivity contribution in [2.45, 2.75) is 34.6 Å². The lowest BCUT2D eigenvalue weighted by molar-refractivity contribution is 1.21. The second-order valence-electron chi connectivity index (χ2n) is 3.59. The van der Waals surface area contributed by atoms with Crippen molar-refractivity contribution in [1.82, 2.24) is 9.97 Å². The highest BCUT2D eigenvalue weighted by atomic mass is 14.8. The smallest absolute Gasteiger partial charge is 0.0867 e. The Hall–Kier alpha value is -1.57. The number of hydrogen-bond acceptors (Lipinski definition) is 1. The molecule has 0 aliphatic rings. The molecule has 1 N–H and O–H groups in total. The summed E-state index contributed by atoms with van der Waals surface area (Å²) in [5.74, 6) is 0. The second kappa shape index (κ2) is 5.50. The Labute approximate surface area is 97.7 Å². The molecule has 0 atom stereocenters. The molecule has 2 aromatic heterocycles. The molecule has 2 heteroatoms. The number of aryl methyl sites for hydroxylation is 1. The summed E-state index contributed by atoms with van der Waals surface area (Å²) >= 11 is 0. The molecule has 0 fully saturated rings. The number of rotatable bonds is 1. The van der Waals surface area contributed by atoms with Crippen molar-refractivity contribution in [3.8, 4) is 11.4 Å². The zero-order valence-electron chi connectivity index (χ0n) is 10.8. The number of hydrogen-bond donors (Lipinski definition) is 1. The van der Waals surface area contributed by atoms with Crippen LogP contribution in [0.2, 0.25) is 0 Å². The van der Waals surface area contributed by atoms with Crippen LogP contribution in [0.5, 0.6) is 0 Å². The number of H-pyrrole nitrogens is 1. The molecule has 0 saturated heterocycles. The van der Waals surface area contributed by atoms with Gasteiger partial charge in [-0.1, -0.05) is 19.9 Å². The first-order valence-electron chi connectivity index (χ1n) is 5.77. The number of aromatic amines is 1. The van der Waals surface area contributed by atoms with Crippen LogP contribution < -0.4 is 0 Å². The molecule has 0 radical (unpaired) electrons. The second-order valence-corrected chi connectivity index (χ2v) is 3.59. The minimum atomic E-state index is 1.02. The highest BCUT2D eigenvalue weighted by molar-refractivity contribution is 5.62. The summed E-state index contributed by atoms with van der Waals surface area (Å²) < 4.78 is 0. The summed E-state index contributed by atoms with van der Waals surface area (Å²) in [4.78, 5) is 7.70. The van der Waals surface area contributed by atoms with Gasteiger partial charge >= 0.3 is 0 Å². The lowest BCUT2D eigenvalue weighted by Gasteiger charge is -1.98. The van der Waals surface area contributed by atoms with Crippen molar-refractivity contribution in [3.05, 3.63) is 41.2 Å². The average Bonchev–Trinajstić information content (AvgIpc) is 2.61. The van der Waals surface area contributed by atoms with Gasteiger partial charge in [-0.3, -0.25) is 4.98 Å². The molecule has 0 aliphatic heterocycles. The predicted octanol–water partition coefficient (Wildman–Crippen LogP) is 4.03. The SMILES string of the molecule is CC.Cc1[nH]c(-c2ccccn2)c(C)c1C. The van der Waals surface area contributed by atoms with Crippen LogP contribution in [0, 0.1) is 20.8 Å². The standard InChI is InChI=1S/C12H14N2.C2H6/c1-8-9(2)12(14-10(8)3)11-6-4-5-7-13-11;1-2/h4-7,14H,1-3H3;1-2H3. The van der Waals surface area contributed by atoms with E-state index in [2.05, 4.69) is 30.7 Å². The molecule has 86 valence electrons. The van der Waals surface area contributed by atoms with Crippen LogP contribution in [0.4, 0.5) is 0 Å². The summed E-state index contributed by atoms with van der Waals surface area (Å²) in [6, 6.07) is 5.96. The Morgan fingerprint density at radius 3 is 2.12 bits per heavy atom. The molecule has 0 aliphatic carbocycles. The third-order valence-corrected chi connectivity index (χ3v) is 2.73. The van der Waals surface area contributed by atoms with Gasteiger partial charge < -0.3 is 4.98 Å². The number of aromatic nitrogens is 2. The average molecular weight is 216 g/mol. The van der Waals surface area contributed by atoms with Crippen LogP contribution in [0.1, 0.15) is 30.7 Å². The Morgan fingerprint density at radius 1 is 1.00 bits per heavy atom. The van der Waals surface area contributed by atoms with Crippen LogP contribution in [0.15, 0.2) is 24.4 Å². The molecular weight excluding hydrogens is 196 g/mol. The summed E-state index contributed by atoms with van der Waals surface area (Å²) in [6.45, 7) is 10.4. The van der Waals surface area contributed by atoms with E-state index in [4.69, 9.17) is 0 Å². The first kappa shape index (κ1) is 12.5. The normalized spacial score (nSPS) is 9.56. The number of pyridine rings is 1. The van der Waals surface area contributed by atoms with E-state index < -0.39 is 0 Å². The van der Waals surface area contributed by atoms with E-state index in [0.717, 1.165) is 11.4 Å². The third kappa shape index (κ3) is 2.32. The fraction of sp³-hybridized carbons (Fsp3) is 0.357. The van der Waals surface area contributed by atoms with Crippen molar-refractivity contribution in [2.24, 2.45) is 0 Å². The van der Waals surface area contributed by atoms with Crippen molar-refractivity contribution in [2.75, 3.05) is 0 Å². The third-order valence-electron chi connectivity index (χ3n) is 2.73. The largest absolute Gasteiger partial charge is 0.357 e. The highest BCUT2D eigenvalue weighted by Crippen LogP contribution is 2.24. The van der Waals surface area contributed by atoms with Gasteiger partial charge in [-0.05, 0) is 44.0 Å². The molecular formula is C14H20N2. The molecule has 0 bridgehead atoms. The van der Waals surface area contributed by atoms with E-state index in [1.54, 1.807) is 0 Å². The van der Waals surface area contributed by atoms with E-state index in [1.165, 1.54) is 16.8 Å². The Kier molecular flexibility index (Phi) is 4.29. The number of nitrogens with zero attached hydrogens (tertiary/aromatic N) is 1. The molecule has 0 aromatic carbocycles. The maximum absolute atomic E-state index is 4.33. The van der Waals surface area contributed by atoms with Crippen LogP contribution in [-0.4, -0.2) is 9.97 Å². The monoisotopic (exact) mass is 216 g/mol. The van der Waals surface area contributed by atoms with Crippen LogP contribution in [0.3, 0.4) is 0 Å². The lowest BCUT2D eigenvalue weighted by Crippen LogP contribution is -1.84. The Morgan fingerprint density at radius 2 is 1.69 bits per heavy atom. The van der Waals surface area contributed by atoms with Gasteiger partial charge in [0.15, 0.2) is 0 Å². The first-order chi connectivity index (χ1) is 7.70. The fourth-order valence-electron chi connectivity index (χ4n) is 1.61. The van der Waals surface area contributed by atoms with Gasteiger partial charge in [0.2, 0.25) is 0 Å². The number of nitrogens with one attached hydrogen (secondary N) is 1. The van der Waals surface area contributed by atoms with Gasteiger partial charge in [-0.25, -0.2) is 0 Å². The van der Waals surface area contributed by atoms with E-state index in [9.17, 15) is 0 Å². The topological polar surface area (TPSA) is 28.7 Å². The van der Waals surface area contributed by atoms with E-state index >= 15 is 0 Å². The minimum absolute atomic E-state index is 1.02. The van der Waals surface area contributed by atoms with E-state index in [-0.39, 0.29) is 0 Å². The molecule has 0 unspecified atom stereocenters. The van der Waals surface area contributed by atoms with Gasteiger partial charge in [0.25, 0.3) is 0 Å². The van der Waals surface area contributed by atoms with Crippen molar-refractivity contribution in [3.63, 3.8) is 0 Å². The summed E-state index contributed by atoms with van der Waals surface area (Å²) in [7, 11) is 0. The minimum Gasteiger partial charge on any atom is -0.357 e. The fourth-order valence-corrected chi connectivity index (χ4v) is 1.61. The molecule has 0 amide bonds. The van der Waals surface area contributed by atoms with Crippen LogP contribution in [-0.2, 0) is 0 Å². The summed E-state index contributed by atoms with van der Waals surface area (Å²) in [6.07, 6.45) is 1.82. The highest BCUT2D eigenvalue weighted by Gasteiger charge is 2.09. The maximum atomic E-state index is 4.33.